The summed E-state index contributed by atoms with van der Waals surface area (Å²) in [7, 11) is -3.93. The number of likely N-dealkylation sites (tertiary alicyclic amines) is 1. The Hall–Kier alpha value is -4.34. The van der Waals surface area contributed by atoms with Gasteiger partial charge in [-0.1, -0.05) is 30.3 Å². The molecule has 2 aliphatic heterocycles. The highest BCUT2D eigenvalue weighted by molar-refractivity contribution is 7.90. The standard InChI is InChI=1S/C26H26F2N4O4S.C2HF3O2/c1-37(34,35)24-14-20(27)23(13-21(24)28)36-22-9-12-32(25(22)33)19-7-10-31(11-8-19)26-29-15-18(16-30-26)17-5-3-2-4-6-17;3-2(4,5)1(6)7/h2-6,13-16,19,22H,7-12H2,1H3;(H,6,7). The second-order valence-electron chi connectivity index (χ2n) is 10.1. The molecule has 1 aromatic heterocycles. The summed E-state index contributed by atoms with van der Waals surface area (Å²) >= 11 is 0. The van der Waals surface area contributed by atoms with Gasteiger partial charge in [0, 0.05) is 62.4 Å². The van der Waals surface area contributed by atoms with Crippen LogP contribution in [0.5, 0.6) is 5.75 Å². The lowest BCUT2D eigenvalue weighted by atomic mass is 10.0. The third-order valence-corrected chi connectivity index (χ3v) is 8.13. The molecule has 0 spiro atoms. The first kappa shape index (κ1) is 32.6. The van der Waals surface area contributed by atoms with Crippen LogP contribution in [0.3, 0.4) is 0 Å². The summed E-state index contributed by atoms with van der Waals surface area (Å²) in [6.07, 6.45) is 0.131. The van der Waals surface area contributed by atoms with Gasteiger partial charge in [-0.2, -0.15) is 13.2 Å². The van der Waals surface area contributed by atoms with E-state index in [0.29, 0.717) is 57.0 Å². The van der Waals surface area contributed by atoms with Crippen molar-refractivity contribution in [2.75, 3.05) is 30.8 Å². The van der Waals surface area contributed by atoms with E-state index in [-0.39, 0.29) is 11.9 Å². The van der Waals surface area contributed by atoms with Crippen molar-refractivity contribution in [2.45, 2.75) is 42.5 Å². The van der Waals surface area contributed by atoms with Crippen molar-refractivity contribution in [1.29, 1.82) is 0 Å². The fourth-order valence-corrected chi connectivity index (χ4v) is 5.56. The number of hydrogen-bond donors (Lipinski definition) is 1. The minimum absolute atomic E-state index is 0.00450. The van der Waals surface area contributed by atoms with E-state index >= 15 is 0 Å². The van der Waals surface area contributed by atoms with Gasteiger partial charge in [0.05, 0.1) is 0 Å². The summed E-state index contributed by atoms with van der Waals surface area (Å²) in [6, 6.07) is 11.2. The SMILES string of the molecule is CS(=O)(=O)c1cc(F)c(OC2CCN(C3CCN(c4ncc(-c5ccccc5)cn4)CC3)C2=O)cc1F.O=C(O)C(F)(F)F. The molecule has 3 heterocycles. The molecule has 2 fully saturated rings. The van der Waals surface area contributed by atoms with Gasteiger partial charge in [-0.15, -0.1) is 0 Å². The number of rotatable bonds is 6. The van der Waals surface area contributed by atoms with Crippen LogP contribution in [0.15, 0.2) is 59.8 Å². The van der Waals surface area contributed by atoms with Gasteiger partial charge in [-0.05, 0) is 24.5 Å². The fraction of sp³-hybridized carbons (Fsp3) is 0.357. The Morgan fingerprint density at radius 3 is 2.09 bits per heavy atom. The van der Waals surface area contributed by atoms with E-state index in [1.54, 1.807) is 17.3 Å². The Morgan fingerprint density at radius 1 is 0.955 bits per heavy atom. The van der Waals surface area contributed by atoms with Crippen LogP contribution in [0.2, 0.25) is 0 Å². The Kier molecular flexibility index (Phi) is 9.71. The van der Waals surface area contributed by atoms with E-state index in [2.05, 4.69) is 14.9 Å². The van der Waals surface area contributed by atoms with Gasteiger partial charge < -0.3 is 19.6 Å². The lowest BCUT2D eigenvalue weighted by Crippen LogP contribution is -2.47. The molecule has 0 radical (unpaired) electrons. The average Bonchev–Trinajstić information content (AvgIpc) is 3.34. The lowest BCUT2D eigenvalue weighted by Gasteiger charge is -2.36. The second-order valence-corrected chi connectivity index (χ2v) is 12.1. The van der Waals surface area contributed by atoms with Crippen LogP contribution < -0.4 is 9.64 Å². The maximum Gasteiger partial charge on any atom is 0.490 e. The van der Waals surface area contributed by atoms with Gasteiger partial charge >= 0.3 is 12.1 Å². The number of nitrogens with zero attached hydrogens (tertiary/aromatic N) is 4. The maximum atomic E-state index is 14.4. The highest BCUT2D eigenvalue weighted by Crippen LogP contribution is 2.30. The van der Waals surface area contributed by atoms with E-state index in [0.717, 1.165) is 17.4 Å². The third-order valence-electron chi connectivity index (χ3n) is 7.02. The normalized spacial score (nSPS) is 17.7. The lowest BCUT2D eigenvalue weighted by molar-refractivity contribution is -0.192. The zero-order valence-electron chi connectivity index (χ0n) is 23.2. The third kappa shape index (κ3) is 7.78. The molecule has 2 saturated heterocycles. The number of benzene rings is 2. The van der Waals surface area contributed by atoms with Gasteiger partial charge in [-0.25, -0.2) is 32.0 Å². The first-order chi connectivity index (χ1) is 20.6. The van der Waals surface area contributed by atoms with Gasteiger partial charge in [0.1, 0.15) is 10.7 Å². The maximum absolute atomic E-state index is 14.4. The van der Waals surface area contributed by atoms with Crippen molar-refractivity contribution >= 4 is 27.7 Å². The van der Waals surface area contributed by atoms with Crippen molar-refractivity contribution in [1.82, 2.24) is 14.9 Å². The number of hydrogen-bond acceptors (Lipinski definition) is 8. The van der Waals surface area contributed by atoms with Crippen LogP contribution in [-0.2, 0) is 19.4 Å². The molecule has 0 aliphatic carbocycles. The number of ether oxygens (including phenoxy) is 1. The number of halogens is 5. The van der Waals surface area contributed by atoms with E-state index < -0.39 is 50.4 Å². The monoisotopic (exact) mass is 642 g/mol. The van der Waals surface area contributed by atoms with E-state index in [1.165, 1.54) is 0 Å². The van der Waals surface area contributed by atoms with E-state index in [1.807, 2.05) is 30.3 Å². The molecular formula is C28H27F5N4O6S. The zero-order chi connectivity index (χ0) is 32.2. The second kappa shape index (κ2) is 13.1. The summed E-state index contributed by atoms with van der Waals surface area (Å²) in [5.74, 6) is -5.02. The number of carbonyl (C=O) groups excluding carboxylic acids is 1. The molecule has 2 aliphatic rings. The number of carboxylic acids is 1. The number of aromatic nitrogens is 2. The van der Waals surface area contributed by atoms with Crippen molar-refractivity contribution < 1.29 is 49.8 Å². The first-order valence-electron chi connectivity index (χ1n) is 13.2. The molecule has 1 amide bonds. The molecule has 3 aromatic rings. The van der Waals surface area contributed by atoms with Crippen molar-refractivity contribution in [2.24, 2.45) is 0 Å². The predicted molar refractivity (Wildman–Crippen MR) is 147 cm³/mol. The van der Waals surface area contributed by atoms with Crippen LogP contribution in [0.1, 0.15) is 19.3 Å². The van der Waals surface area contributed by atoms with Crippen molar-refractivity contribution in [3.05, 3.63) is 66.5 Å². The fourth-order valence-electron chi connectivity index (χ4n) is 4.83. The number of carbonyl (C=O) groups is 2. The molecule has 10 nitrogen and oxygen atoms in total. The summed E-state index contributed by atoms with van der Waals surface area (Å²) < 4.78 is 89.1. The number of aliphatic carboxylic acids is 1. The van der Waals surface area contributed by atoms with Gasteiger partial charge in [0.2, 0.25) is 5.95 Å². The summed E-state index contributed by atoms with van der Waals surface area (Å²) in [5, 5.41) is 7.12. The average molecular weight is 643 g/mol. The molecule has 44 heavy (non-hydrogen) atoms. The highest BCUT2D eigenvalue weighted by Gasteiger charge is 2.40. The van der Waals surface area contributed by atoms with Crippen LogP contribution in [0, 0.1) is 11.6 Å². The molecular weight excluding hydrogens is 615 g/mol. The Labute approximate surface area is 249 Å². The Morgan fingerprint density at radius 2 is 1.55 bits per heavy atom. The van der Waals surface area contributed by atoms with E-state index in [4.69, 9.17) is 14.6 Å². The van der Waals surface area contributed by atoms with Gasteiger partial charge in [0.15, 0.2) is 27.5 Å². The molecule has 2 aromatic carbocycles. The summed E-state index contributed by atoms with van der Waals surface area (Å²) in [5.41, 5.74) is 1.99. The number of alkyl halides is 3. The van der Waals surface area contributed by atoms with Gasteiger partial charge in [-0.3, -0.25) is 4.79 Å². The van der Waals surface area contributed by atoms with Gasteiger partial charge in [0.25, 0.3) is 5.91 Å². The predicted octanol–water partition coefficient (Wildman–Crippen LogP) is 4.11. The molecule has 236 valence electrons. The minimum Gasteiger partial charge on any atom is -0.477 e. The van der Waals surface area contributed by atoms with Crippen LogP contribution in [0.25, 0.3) is 11.1 Å². The number of carboxylic acid groups (broad SMARTS) is 1. The molecule has 1 N–H and O–H groups in total. The summed E-state index contributed by atoms with van der Waals surface area (Å²) in [4.78, 5) is 34.0. The number of amides is 1. The Bertz CT molecular complexity index is 1600. The van der Waals surface area contributed by atoms with Crippen LogP contribution >= 0.6 is 0 Å². The van der Waals surface area contributed by atoms with Crippen LogP contribution in [0.4, 0.5) is 27.9 Å². The molecule has 16 heteroatoms. The Balaban J connectivity index is 0.000000566. The smallest absolute Gasteiger partial charge is 0.477 e. The summed E-state index contributed by atoms with van der Waals surface area (Å²) in [6.45, 7) is 1.80. The number of piperidine rings is 1. The number of sulfone groups is 1. The first-order valence-corrected chi connectivity index (χ1v) is 15.1. The quantitative estimate of drug-likeness (QED) is 0.395. The number of anilines is 1. The van der Waals surface area contributed by atoms with Crippen molar-refractivity contribution in [3.63, 3.8) is 0 Å². The zero-order valence-corrected chi connectivity index (χ0v) is 24.0. The molecule has 0 saturated carbocycles. The minimum atomic E-state index is -5.08. The molecule has 5 rings (SSSR count). The topological polar surface area (TPSA) is 130 Å². The highest BCUT2D eigenvalue weighted by atomic mass is 32.2. The van der Waals surface area contributed by atoms with Crippen LogP contribution in [-0.4, -0.2) is 84.5 Å². The van der Waals surface area contributed by atoms with E-state index in [9.17, 15) is 35.2 Å². The molecule has 0 bridgehead atoms. The molecule has 1 atom stereocenters. The van der Waals surface area contributed by atoms with Crippen molar-refractivity contribution in [3.8, 4) is 16.9 Å². The largest absolute Gasteiger partial charge is 0.490 e. The molecule has 1 unspecified atom stereocenters.